The molecule has 1 aliphatic heterocycles. The molecule has 9 heteroatoms. The van der Waals surface area contributed by atoms with E-state index in [1.807, 2.05) is 4.40 Å². The van der Waals surface area contributed by atoms with Crippen molar-refractivity contribution in [2.75, 3.05) is 18.8 Å². The Bertz CT molecular complexity index is 719. The smallest absolute Gasteiger partial charge is 0.407 e. The van der Waals surface area contributed by atoms with Crippen LogP contribution in [0.4, 0.5) is 10.6 Å². The normalized spacial score (nSPS) is 19.1. The summed E-state index contributed by atoms with van der Waals surface area (Å²) in [5, 5.41) is 9.18. The van der Waals surface area contributed by atoms with E-state index in [-0.39, 0.29) is 5.92 Å². The van der Waals surface area contributed by atoms with E-state index in [9.17, 15) is 9.90 Å². The molecule has 1 aliphatic rings. The molecule has 3 N–H and O–H groups in total. The first-order valence-corrected chi connectivity index (χ1v) is 8.32. The molecule has 21 heavy (non-hydrogen) atoms. The van der Waals surface area contributed by atoms with Gasteiger partial charge in [0, 0.05) is 19.0 Å². The third kappa shape index (κ3) is 2.56. The lowest BCUT2D eigenvalue weighted by molar-refractivity contribution is 0.129. The van der Waals surface area contributed by atoms with Gasteiger partial charge in [-0.05, 0) is 51.4 Å². The molecular formula is C12H13BrIN5O2. The minimum atomic E-state index is -0.879. The number of anilines is 1. The fourth-order valence-electron chi connectivity index (χ4n) is 2.72. The van der Waals surface area contributed by atoms with Gasteiger partial charge in [0.1, 0.15) is 19.6 Å². The van der Waals surface area contributed by atoms with Gasteiger partial charge in [0.2, 0.25) is 0 Å². The van der Waals surface area contributed by atoms with Crippen LogP contribution in [-0.2, 0) is 0 Å². The van der Waals surface area contributed by atoms with Crippen molar-refractivity contribution in [1.29, 1.82) is 0 Å². The summed E-state index contributed by atoms with van der Waals surface area (Å²) in [5.74, 6) is 1.32. The molecule has 1 atom stereocenters. The number of rotatable bonds is 1. The van der Waals surface area contributed by atoms with E-state index in [1.165, 1.54) is 4.90 Å². The van der Waals surface area contributed by atoms with Crippen LogP contribution in [0.15, 0.2) is 10.8 Å². The number of fused-ring (bicyclic) bond motifs is 1. The summed E-state index contributed by atoms with van der Waals surface area (Å²) >= 11 is 5.61. The zero-order valence-corrected chi connectivity index (χ0v) is 14.7. The molecule has 0 aliphatic carbocycles. The fraction of sp³-hybridized carbons (Fsp3) is 0.417. The number of hydrogen-bond acceptors (Lipinski definition) is 4. The molecule has 1 amide bonds. The van der Waals surface area contributed by atoms with E-state index in [2.05, 4.69) is 48.5 Å². The van der Waals surface area contributed by atoms with Crippen molar-refractivity contribution in [3.8, 4) is 0 Å². The molecule has 3 heterocycles. The maximum Gasteiger partial charge on any atom is 0.407 e. The summed E-state index contributed by atoms with van der Waals surface area (Å²) in [6.07, 6.45) is 2.51. The zero-order valence-electron chi connectivity index (χ0n) is 11.0. The SMILES string of the molecule is Nc1ncc(Br)n2c(C3CCCN(C(=O)O)C3)nc(I)c12. The molecule has 1 saturated heterocycles. The fourth-order valence-corrected chi connectivity index (χ4v) is 3.95. The van der Waals surface area contributed by atoms with Gasteiger partial charge in [0.15, 0.2) is 5.82 Å². The average Bonchev–Trinajstić information content (AvgIpc) is 2.82. The summed E-state index contributed by atoms with van der Waals surface area (Å²) in [6.45, 7) is 1.04. The molecule has 0 aromatic carbocycles. The Labute approximate surface area is 142 Å². The number of likely N-dealkylation sites (tertiary alicyclic amines) is 1. The second-order valence-electron chi connectivity index (χ2n) is 4.98. The molecule has 1 unspecified atom stereocenters. The standard InChI is InChI=1S/C12H13BrIN5O2/c13-7-4-16-10(15)8-9(14)17-11(19(7)8)6-2-1-3-18(5-6)12(20)21/h4,6H,1-3,5H2,(H2,15,16)(H,20,21). The number of imidazole rings is 1. The number of nitrogen functional groups attached to an aromatic ring is 1. The highest BCUT2D eigenvalue weighted by molar-refractivity contribution is 14.1. The number of amides is 1. The van der Waals surface area contributed by atoms with Crippen LogP contribution < -0.4 is 5.73 Å². The summed E-state index contributed by atoms with van der Waals surface area (Å²) in [4.78, 5) is 21.4. The molecular weight excluding hydrogens is 453 g/mol. The monoisotopic (exact) mass is 465 g/mol. The van der Waals surface area contributed by atoms with Crippen LogP contribution in [0.5, 0.6) is 0 Å². The minimum Gasteiger partial charge on any atom is -0.465 e. The first-order valence-electron chi connectivity index (χ1n) is 6.44. The lowest BCUT2D eigenvalue weighted by Gasteiger charge is -2.30. The Morgan fingerprint density at radius 1 is 1.57 bits per heavy atom. The van der Waals surface area contributed by atoms with Crippen molar-refractivity contribution in [2.24, 2.45) is 0 Å². The lowest BCUT2D eigenvalue weighted by atomic mass is 9.97. The topological polar surface area (TPSA) is 96.8 Å². The molecule has 2 aromatic heterocycles. The second-order valence-corrected chi connectivity index (χ2v) is 6.81. The van der Waals surface area contributed by atoms with Crippen LogP contribution in [0.1, 0.15) is 24.6 Å². The highest BCUT2D eigenvalue weighted by Gasteiger charge is 2.29. The van der Waals surface area contributed by atoms with E-state index in [0.717, 1.165) is 32.5 Å². The largest absolute Gasteiger partial charge is 0.465 e. The van der Waals surface area contributed by atoms with Crippen molar-refractivity contribution >= 4 is 55.9 Å². The van der Waals surface area contributed by atoms with Crippen molar-refractivity contribution in [2.45, 2.75) is 18.8 Å². The summed E-state index contributed by atoms with van der Waals surface area (Å²) < 4.78 is 3.48. The molecule has 0 bridgehead atoms. The van der Waals surface area contributed by atoms with Gasteiger partial charge in [-0.15, -0.1) is 0 Å². The van der Waals surface area contributed by atoms with Crippen LogP contribution in [0.25, 0.3) is 5.52 Å². The molecule has 0 radical (unpaired) electrons. The van der Waals surface area contributed by atoms with Gasteiger partial charge in [-0.3, -0.25) is 4.40 Å². The van der Waals surface area contributed by atoms with Crippen LogP contribution in [0.2, 0.25) is 0 Å². The summed E-state index contributed by atoms with van der Waals surface area (Å²) in [7, 11) is 0. The first-order chi connectivity index (χ1) is 9.99. The van der Waals surface area contributed by atoms with E-state index in [1.54, 1.807) is 6.20 Å². The minimum absolute atomic E-state index is 0.0592. The van der Waals surface area contributed by atoms with Gasteiger partial charge >= 0.3 is 6.09 Å². The zero-order chi connectivity index (χ0) is 15.1. The van der Waals surface area contributed by atoms with Gasteiger partial charge in [-0.2, -0.15) is 0 Å². The van der Waals surface area contributed by atoms with Crippen molar-refractivity contribution < 1.29 is 9.90 Å². The Kier molecular flexibility index (Phi) is 3.95. The Balaban J connectivity index is 2.09. The number of carboxylic acid groups (broad SMARTS) is 1. The predicted molar refractivity (Wildman–Crippen MR) is 89.4 cm³/mol. The number of aromatic nitrogens is 3. The van der Waals surface area contributed by atoms with E-state index >= 15 is 0 Å². The van der Waals surface area contributed by atoms with E-state index in [4.69, 9.17) is 5.73 Å². The number of piperidine rings is 1. The van der Waals surface area contributed by atoms with Crippen LogP contribution in [0.3, 0.4) is 0 Å². The second kappa shape index (κ2) is 5.59. The van der Waals surface area contributed by atoms with Crippen molar-refractivity contribution in [1.82, 2.24) is 19.3 Å². The molecule has 0 saturated carbocycles. The van der Waals surface area contributed by atoms with Gasteiger partial charge in [0.25, 0.3) is 0 Å². The van der Waals surface area contributed by atoms with Gasteiger partial charge in [-0.1, -0.05) is 0 Å². The van der Waals surface area contributed by atoms with E-state index < -0.39 is 6.09 Å². The molecule has 2 aromatic rings. The quantitative estimate of drug-likeness (QED) is 0.631. The van der Waals surface area contributed by atoms with Crippen molar-refractivity contribution in [3.05, 3.63) is 20.3 Å². The van der Waals surface area contributed by atoms with Crippen LogP contribution in [-0.4, -0.2) is 43.6 Å². The van der Waals surface area contributed by atoms with Crippen molar-refractivity contribution in [3.63, 3.8) is 0 Å². The Morgan fingerprint density at radius 3 is 3.05 bits per heavy atom. The molecule has 7 nitrogen and oxygen atoms in total. The molecule has 0 spiro atoms. The summed E-state index contributed by atoms with van der Waals surface area (Å²) in [5.41, 5.74) is 6.71. The number of carbonyl (C=O) groups is 1. The Hall–Kier alpha value is -1.10. The average molecular weight is 466 g/mol. The number of nitrogens with two attached hydrogens (primary N) is 1. The van der Waals surface area contributed by atoms with Gasteiger partial charge < -0.3 is 15.7 Å². The number of hydrogen-bond donors (Lipinski definition) is 2. The summed E-state index contributed by atoms with van der Waals surface area (Å²) in [6, 6.07) is 0. The molecule has 112 valence electrons. The van der Waals surface area contributed by atoms with Gasteiger partial charge in [0.05, 0.1) is 6.20 Å². The maximum atomic E-state index is 11.2. The van der Waals surface area contributed by atoms with Crippen LogP contribution in [0, 0.1) is 3.70 Å². The maximum absolute atomic E-state index is 11.2. The first kappa shape index (κ1) is 14.8. The third-order valence-corrected chi connectivity index (χ3v) is 5.00. The third-order valence-electron chi connectivity index (χ3n) is 3.68. The Morgan fingerprint density at radius 2 is 2.33 bits per heavy atom. The van der Waals surface area contributed by atoms with Crippen LogP contribution >= 0.6 is 38.5 Å². The van der Waals surface area contributed by atoms with E-state index in [0.29, 0.717) is 18.9 Å². The number of nitrogens with zero attached hydrogens (tertiary/aromatic N) is 4. The highest BCUT2D eigenvalue weighted by atomic mass is 127. The lowest BCUT2D eigenvalue weighted by Crippen LogP contribution is -2.38. The predicted octanol–water partition coefficient (Wildman–Crippen LogP) is 2.54. The highest BCUT2D eigenvalue weighted by Crippen LogP contribution is 2.32. The number of halogens is 2. The molecule has 3 rings (SSSR count). The van der Waals surface area contributed by atoms with Gasteiger partial charge in [-0.25, -0.2) is 14.8 Å². The molecule has 1 fully saturated rings.